The van der Waals surface area contributed by atoms with Gasteiger partial charge in [0.25, 0.3) is 0 Å². The van der Waals surface area contributed by atoms with Crippen molar-refractivity contribution in [2.45, 2.75) is 19.8 Å². The van der Waals surface area contributed by atoms with Gasteiger partial charge < -0.3 is 10.1 Å². The van der Waals surface area contributed by atoms with Gasteiger partial charge in [-0.3, -0.25) is 4.79 Å². The topological polar surface area (TPSA) is 38.3 Å². The third-order valence-electron chi connectivity index (χ3n) is 2.11. The second kappa shape index (κ2) is 8.13. The van der Waals surface area contributed by atoms with Crippen LogP contribution in [0.1, 0.15) is 19.8 Å². The van der Waals surface area contributed by atoms with Gasteiger partial charge >= 0.3 is 0 Å². The Morgan fingerprint density at radius 1 is 1.39 bits per heavy atom. The first-order valence-electron chi connectivity index (χ1n) is 5.83. The maximum atomic E-state index is 13.1. The molecular formula is C14H16FNO2. The highest BCUT2D eigenvalue weighted by Crippen LogP contribution is 2.14. The van der Waals surface area contributed by atoms with Gasteiger partial charge in [0.1, 0.15) is 6.61 Å². The van der Waals surface area contributed by atoms with Gasteiger partial charge in [-0.2, -0.15) is 0 Å². The predicted molar refractivity (Wildman–Crippen MR) is 67.6 cm³/mol. The lowest BCUT2D eigenvalue weighted by Crippen LogP contribution is -2.22. The molecule has 96 valence electrons. The van der Waals surface area contributed by atoms with E-state index in [-0.39, 0.29) is 18.3 Å². The van der Waals surface area contributed by atoms with Gasteiger partial charge in [-0.25, -0.2) is 4.39 Å². The Bertz CT molecular complexity index is 449. The lowest BCUT2D eigenvalue weighted by molar-refractivity contribution is -0.120. The third-order valence-corrected chi connectivity index (χ3v) is 2.11. The van der Waals surface area contributed by atoms with Crippen molar-refractivity contribution in [2.24, 2.45) is 0 Å². The number of hydrogen-bond donors (Lipinski definition) is 1. The Morgan fingerprint density at radius 3 is 2.89 bits per heavy atom. The lowest BCUT2D eigenvalue weighted by Gasteiger charge is -2.02. The van der Waals surface area contributed by atoms with Crippen LogP contribution in [0, 0.1) is 17.7 Å². The predicted octanol–water partition coefficient (Wildman–Crippen LogP) is 2.12. The minimum Gasteiger partial charge on any atom is -0.478 e. The Labute approximate surface area is 106 Å². The minimum atomic E-state index is -0.407. The van der Waals surface area contributed by atoms with Crippen molar-refractivity contribution in [2.75, 3.05) is 13.2 Å². The van der Waals surface area contributed by atoms with E-state index >= 15 is 0 Å². The normalized spacial score (nSPS) is 9.22. The SMILES string of the molecule is CCCC(=O)NCC#CCOc1ccccc1F. The molecule has 0 bridgehead atoms. The van der Waals surface area contributed by atoms with Crippen LogP contribution >= 0.6 is 0 Å². The summed E-state index contributed by atoms with van der Waals surface area (Å²) in [5.74, 6) is 5.20. The summed E-state index contributed by atoms with van der Waals surface area (Å²) in [6, 6.07) is 6.15. The van der Waals surface area contributed by atoms with Crippen molar-refractivity contribution in [3.05, 3.63) is 30.1 Å². The first-order chi connectivity index (χ1) is 8.74. The zero-order chi connectivity index (χ0) is 13.2. The lowest BCUT2D eigenvalue weighted by atomic mass is 10.3. The number of rotatable bonds is 5. The summed E-state index contributed by atoms with van der Waals surface area (Å²) in [5.41, 5.74) is 0. The summed E-state index contributed by atoms with van der Waals surface area (Å²) >= 11 is 0. The van der Waals surface area contributed by atoms with E-state index in [4.69, 9.17) is 4.74 Å². The van der Waals surface area contributed by atoms with Gasteiger partial charge in [0.2, 0.25) is 5.91 Å². The number of halogens is 1. The molecule has 0 atom stereocenters. The molecule has 0 unspecified atom stereocenters. The Balaban J connectivity index is 2.22. The number of carbonyl (C=O) groups is 1. The molecule has 0 aliphatic heterocycles. The van der Waals surface area contributed by atoms with Crippen molar-refractivity contribution < 1.29 is 13.9 Å². The van der Waals surface area contributed by atoms with Crippen molar-refractivity contribution >= 4 is 5.91 Å². The number of carbonyl (C=O) groups excluding carboxylic acids is 1. The summed E-state index contributed by atoms with van der Waals surface area (Å²) in [4.78, 5) is 11.1. The highest BCUT2D eigenvalue weighted by atomic mass is 19.1. The molecule has 1 rings (SSSR count). The highest BCUT2D eigenvalue weighted by molar-refractivity contribution is 5.76. The van der Waals surface area contributed by atoms with E-state index in [0.29, 0.717) is 13.0 Å². The van der Waals surface area contributed by atoms with Gasteiger partial charge in [-0.15, -0.1) is 0 Å². The number of hydrogen-bond acceptors (Lipinski definition) is 2. The summed E-state index contributed by atoms with van der Waals surface area (Å²) in [6.07, 6.45) is 1.32. The molecule has 0 aliphatic rings. The van der Waals surface area contributed by atoms with Gasteiger partial charge in [-0.05, 0) is 18.6 Å². The average Bonchev–Trinajstić information content (AvgIpc) is 2.36. The molecule has 1 aromatic rings. The molecule has 0 spiro atoms. The Hall–Kier alpha value is -2.02. The van der Waals surface area contributed by atoms with E-state index in [2.05, 4.69) is 17.2 Å². The maximum absolute atomic E-state index is 13.1. The van der Waals surface area contributed by atoms with Crippen LogP contribution in [-0.2, 0) is 4.79 Å². The summed E-state index contributed by atoms with van der Waals surface area (Å²) in [5, 5.41) is 2.65. The fourth-order valence-corrected chi connectivity index (χ4v) is 1.25. The molecule has 0 heterocycles. The van der Waals surface area contributed by atoms with Crippen molar-refractivity contribution in [1.82, 2.24) is 5.32 Å². The molecule has 18 heavy (non-hydrogen) atoms. The standard InChI is InChI=1S/C14H16FNO2/c1-2-7-14(17)16-10-5-6-11-18-13-9-4-3-8-12(13)15/h3-4,8-9H,2,7,10-11H2,1H3,(H,16,17). The van der Waals surface area contributed by atoms with E-state index < -0.39 is 5.82 Å². The molecular weight excluding hydrogens is 233 g/mol. The van der Waals surface area contributed by atoms with E-state index in [1.54, 1.807) is 18.2 Å². The van der Waals surface area contributed by atoms with Crippen LogP contribution in [0.3, 0.4) is 0 Å². The third kappa shape index (κ3) is 5.35. The van der Waals surface area contributed by atoms with Gasteiger partial charge in [0.15, 0.2) is 11.6 Å². The second-order valence-electron chi connectivity index (χ2n) is 3.60. The van der Waals surface area contributed by atoms with E-state index in [1.807, 2.05) is 6.92 Å². The first-order valence-corrected chi connectivity index (χ1v) is 5.83. The molecule has 0 saturated heterocycles. The fourth-order valence-electron chi connectivity index (χ4n) is 1.25. The number of benzene rings is 1. The first kappa shape index (κ1) is 14.0. The molecule has 1 amide bonds. The molecule has 3 nitrogen and oxygen atoms in total. The van der Waals surface area contributed by atoms with Crippen molar-refractivity contribution in [3.63, 3.8) is 0 Å². The molecule has 0 aromatic heterocycles. The zero-order valence-electron chi connectivity index (χ0n) is 10.3. The number of ether oxygens (including phenoxy) is 1. The van der Waals surface area contributed by atoms with Crippen LogP contribution in [0.25, 0.3) is 0 Å². The molecule has 0 saturated carbocycles. The molecule has 0 radical (unpaired) electrons. The average molecular weight is 249 g/mol. The van der Waals surface area contributed by atoms with Crippen LogP contribution < -0.4 is 10.1 Å². The summed E-state index contributed by atoms with van der Waals surface area (Å²) in [6.45, 7) is 2.33. The molecule has 0 aliphatic carbocycles. The van der Waals surface area contributed by atoms with Gasteiger partial charge in [-0.1, -0.05) is 30.9 Å². The number of nitrogens with one attached hydrogen (secondary N) is 1. The van der Waals surface area contributed by atoms with E-state index in [9.17, 15) is 9.18 Å². The fraction of sp³-hybridized carbons (Fsp3) is 0.357. The largest absolute Gasteiger partial charge is 0.478 e. The van der Waals surface area contributed by atoms with Crippen LogP contribution in [0.4, 0.5) is 4.39 Å². The van der Waals surface area contributed by atoms with E-state index in [1.165, 1.54) is 6.07 Å². The minimum absolute atomic E-state index is 0.0122. The molecule has 4 heteroatoms. The smallest absolute Gasteiger partial charge is 0.220 e. The summed E-state index contributed by atoms with van der Waals surface area (Å²) < 4.78 is 18.3. The van der Waals surface area contributed by atoms with Crippen molar-refractivity contribution in [1.29, 1.82) is 0 Å². The monoisotopic (exact) mass is 249 g/mol. The quantitative estimate of drug-likeness (QED) is 0.812. The van der Waals surface area contributed by atoms with E-state index in [0.717, 1.165) is 6.42 Å². The van der Waals surface area contributed by atoms with Gasteiger partial charge in [0.05, 0.1) is 6.54 Å². The maximum Gasteiger partial charge on any atom is 0.220 e. The Kier molecular flexibility index (Phi) is 6.34. The van der Waals surface area contributed by atoms with Gasteiger partial charge in [0, 0.05) is 6.42 Å². The number of para-hydroxylation sites is 1. The second-order valence-corrected chi connectivity index (χ2v) is 3.60. The highest BCUT2D eigenvalue weighted by Gasteiger charge is 1.98. The van der Waals surface area contributed by atoms with Crippen LogP contribution in [0.15, 0.2) is 24.3 Å². The number of amides is 1. The zero-order valence-corrected chi connectivity index (χ0v) is 10.3. The van der Waals surface area contributed by atoms with Crippen molar-refractivity contribution in [3.8, 4) is 17.6 Å². The molecule has 1 aromatic carbocycles. The molecule has 0 fully saturated rings. The Morgan fingerprint density at radius 2 is 2.17 bits per heavy atom. The van der Waals surface area contributed by atoms with Crippen LogP contribution in [0.2, 0.25) is 0 Å². The van der Waals surface area contributed by atoms with Crippen LogP contribution in [-0.4, -0.2) is 19.1 Å². The summed E-state index contributed by atoms with van der Waals surface area (Å²) in [7, 11) is 0. The molecule has 1 N–H and O–H groups in total. The van der Waals surface area contributed by atoms with Crippen LogP contribution in [0.5, 0.6) is 5.75 Å².